The lowest BCUT2D eigenvalue weighted by Crippen LogP contribution is -2.16. The van der Waals surface area contributed by atoms with Crippen molar-refractivity contribution in [3.05, 3.63) is 35.9 Å². The van der Waals surface area contributed by atoms with Crippen molar-refractivity contribution in [2.75, 3.05) is 5.75 Å². The summed E-state index contributed by atoms with van der Waals surface area (Å²) >= 11 is 3.97. The second-order valence-corrected chi connectivity index (χ2v) is 3.07. The highest BCUT2D eigenvalue weighted by molar-refractivity contribution is 7.80. The Balaban J connectivity index is 2.68. The van der Waals surface area contributed by atoms with E-state index in [1.807, 2.05) is 0 Å². The number of thiol groups is 1. The van der Waals surface area contributed by atoms with E-state index < -0.39 is 6.36 Å². The lowest BCUT2D eigenvalue weighted by Gasteiger charge is -2.08. The van der Waals surface area contributed by atoms with Gasteiger partial charge in [-0.1, -0.05) is 24.3 Å². The van der Waals surface area contributed by atoms with Crippen LogP contribution in [0.4, 0.5) is 13.2 Å². The normalized spacial score (nSPS) is 12.0. The van der Waals surface area contributed by atoms with E-state index >= 15 is 0 Å². The van der Waals surface area contributed by atoms with E-state index in [1.165, 1.54) is 12.1 Å². The Hall–Kier alpha value is -1.10. The molecule has 5 heteroatoms. The molecule has 0 atom stereocenters. The molecule has 0 saturated heterocycles. The number of hydrogen-bond acceptors (Lipinski definition) is 2. The summed E-state index contributed by atoms with van der Waals surface area (Å²) in [6.07, 6.45) is -1.07. The molecule has 0 amide bonds. The summed E-state index contributed by atoms with van der Waals surface area (Å²) in [5.41, 5.74) is 0.804. The summed E-state index contributed by atoms with van der Waals surface area (Å²) < 4.78 is 39.1. The lowest BCUT2D eigenvalue weighted by molar-refractivity contribution is -0.274. The molecule has 1 nitrogen and oxygen atoms in total. The van der Waals surface area contributed by atoms with Crippen molar-refractivity contribution in [2.24, 2.45) is 0 Å². The standard InChI is InChI=1S/C10H9F3OS/c11-10(12,13)14-9-5-3-8(4-6-9)2-1-7-15/h1-6,15H,7H2. The first-order chi connectivity index (χ1) is 7.01. The molecule has 1 rings (SSSR count). The zero-order chi connectivity index (χ0) is 11.3. The van der Waals surface area contributed by atoms with Gasteiger partial charge in [0.05, 0.1) is 0 Å². The van der Waals surface area contributed by atoms with E-state index in [0.717, 1.165) is 5.56 Å². The van der Waals surface area contributed by atoms with Crippen molar-refractivity contribution in [1.29, 1.82) is 0 Å². The number of rotatable bonds is 3. The minimum Gasteiger partial charge on any atom is -0.406 e. The van der Waals surface area contributed by atoms with Gasteiger partial charge in [0, 0.05) is 5.75 Å². The third kappa shape index (κ3) is 4.78. The monoisotopic (exact) mass is 234 g/mol. The van der Waals surface area contributed by atoms with Gasteiger partial charge in [-0.05, 0) is 17.7 Å². The number of benzene rings is 1. The van der Waals surface area contributed by atoms with Crippen LogP contribution >= 0.6 is 12.6 Å². The zero-order valence-electron chi connectivity index (χ0n) is 7.66. The SMILES string of the molecule is FC(F)(F)Oc1ccc(C=CCS)cc1. The van der Waals surface area contributed by atoms with Crippen LogP contribution in [0.15, 0.2) is 30.3 Å². The van der Waals surface area contributed by atoms with Gasteiger partial charge in [-0.15, -0.1) is 13.2 Å². The molecule has 0 fully saturated rings. The first-order valence-electron chi connectivity index (χ1n) is 4.14. The highest BCUT2D eigenvalue weighted by atomic mass is 32.1. The minimum atomic E-state index is -4.64. The fraction of sp³-hybridized carbons (Fsp3) is 0.200. The van der Waals surface area contributed by atoms with E-state index in [-0.39, 0.29) is 5.75 Å². The third-order valence-corrected chi connectivity index (χ3v) is 1.74. The van der Waals surface area contributed by atoms with E-state index in [4.69, 9.17) is 0 Å². The summed E-state index contributed by atoms with van der Waals surface area (Å²) in [6.45, 7) is 0. The Bertz CT molecular complexity index is 330. The van der Waals surface area contributed by atoms with Gasteiger partial charge in [0.1, 0.15) is 5.75 Å². The molecular weight excluding hydrogens is 225 g/mol. The van der Waals surface area contributed by atoms with Crippen LogP contribution in [0, 0.1) is 0 Å². The Kier molecular flexibility index (Phi) is 4.08. The zero-order valence-corrected chi connectivity index (χ0v) is 8.55. The first-order valence-corrected chi connectivity index (χ1v) is 4.78. The molecule has 0 saturated carbocycles. The van der Waals surface area contributed by atoms with Crippen molar-refractivity contribution in [2.45, 2.75) is 6.36 Å². The van der Waals surface area contributed by atoms with Crippen molar-refractivity contribution < 1.29 is 17.9 Å². The van der Waals surface area contributed by atoms with Gasteiger partial charge in [0.15, 0.2) is 0 Å². The molecule has 0 aromatic heterocycles. The van der Waals surface area contributed by atoms with Gasteiger partial charge in [-0.3, -0.25) is 0 Å². The molecule has 0 aliphatic carbocycles. The largest absolute Gasteiger partial charge is 0.573 e. The van der Waals surface area contributed by atoms with E-state index in [1.54, 1.807) is 24.3 Å². The molecule has 0 aliphatic rings. The number of hydrogen-bond donors (Lipinski definition) is 1. The van der Waals surface area contributed by atoms with Gasteiger partial charge in [0.25, 0.3) is 0 Å². The predicted octanol–water partition coefficient (Wildman–Crippen LogP) is 3.53. The summed E-state index contributed by atoms with van der Waals surface area (Å²) in [7, 11) is 0. The number of halogens is 3. The lowest BCUT2D eigenvalue weighted by atomic mass is 10.2. The highest BCUT2D eigenvalue weighted by Gasteiger charge is 2.30. The van der Waals surface area contributed by atoms with Crippen LogP contribution in [0.3, 0.4) is 0 Å². The van der Waals surface area contributed by atoms with Crippen LogP contribution < -0.4 is 4.74 Å². The fourth-order valence-electron chi connectivity index (χ4n) is 0.969. The average molecular weight is 234 g/mol. The third-order valence-electron chi connectivity index (χ3n) is 1.53. The molecule has 1 aromatic carbocycles. The smallest absolute Gasteiger partial charge is 0.406 e. The molecule has 0 radical (unpaired) electrons. The quantitative estimate of drug-likeness (QED) is 0.787. The molecule has 0 aliphatic heterocycles. The summed E-state index contributed by atoms with van der Waals surface area (Å²) in [4.78, 5) is 0. The van der Waals surface area contributed by atoms with Crippen molar-refractivity contribution in [1.82, 2.24) is 0 Å². The van der Waals surface area contributed by atoms with Gasteiger partial charge < -0.3 is 4.74 Å². The Labute approximate surface area is 91.0 Å². The molecule has 0 bridgehead atoms. The van der Waals surface area contributed by atoms with Crippen LogP contribution in [-0.2, 0) is 0 Å². The first kappa shape index (κ1) is 12.0. The molecule has 1 aromatic rings. The van der Waals surface area contributed by atoms with Crippen LogP contribution in [0.25, 0.3) is 6.08 Å². The molecule has 0 heterocycles. The molecule has 0 N–H and O–H groups in total. The maximum absolute atomic E-state index is 11.8. The Morgan fingerprint density at radius 1 is 1.20 bits per heavy atom. The second kappa shape index (κ2) is 5.11. The topological polar surface area (TPSA) is 9.23 Å². The predicted molar refractivity (Wildman–Crippen MR) is 56.0 cm³/mol. The van der Waals surface area contributed by atoms with Crippen LogP contribution in [-0.4, -0.2) is 12.1 Å². The van der Waals surface area contributed by atoms with Gasteiger partial charge in [-0.25, -0.2) is 0 Å². The van der Waals surface area contributed by atoms with Crippen molar-refractivity contribution in [3.63, 3.8) is 0 Å². The number of ether oxygens (including phenoxy) is 1. The molecule has 0 unspecified atom stereocenters. The summed E-state index contributed by atoms with van der Waals surface area (Å²) in [6, 6.07) is 5.62. The average Bonchev–Trinajstić information content (AvgIpc) is 2.14. The minimum absolute atomic E-state index is 0.217. The molecule has 82 valence electrons. The second-order valence-electron chi connectivity index (χ2n) is 2.70. The molecule has 15 heavy (non-hydrogen) atoms. The number of alkyl halides is 3. The summed E-state index contributed by atoms with van der Waals surface area (Å²) in [5.74, 6) is 0.367. The maximum atomic E-state index is 11.8. The van der Waals surface area contributed by atoms with Crippen molar-refractivity contribution in [3.8, 4) is 5.75 Å². The van der Waals surface area contributed by atoms with Gasteiger partial charge >= 0.3 is 6.36 Å². The van der Waals surface area contributed by atoms with E-state index in [0.29, 0.717) is 5.75 Å². The van der Waals surface area contributed by atoms with E-state index in [9.17, 15) is 13.2 Å². The van der Waals surface area contributed by atoms with Crippen LogP contribution in [0.5, 0.6) is 5.75 Å². The maximum Gasteiger partial charge on any atom is 0.573 e. The van der Waals surface area contributed by atoms with E-state index in [2.05, 4.69) is 17.4 Å². The van der Waals surface area contributed by atoms with Gasteiger partial charge in [0.2, 0.25) is 0 Å². The van der Waals surface area contributed by atoms with Gasteiger partial charge in [-0.2, -0.15) is 12.6 Å². The fourth-order valence-corrected chi connectivity index (χ4v) is 1.07. The summed E-state index contributed by atoms with van der Waals surface area (Å²) in [5, 5.41) is 0. The Morgan fingerprint density at radius 2 is 1.80 bits per heavy atom. The highest BCUT2D eigenvalue weighted by Crippen LogP contribution is 2.22. The Morgan fingerprint density at radius 3 is 2.27 bits per heavy atom. The van der Waals surface area contributed by atoms with Crippen LogP contribution in [0.1, 0.15) is 5.56 Å². The molecular formula is C10H9F3OS. The molecule has 0 spiro atoms. The van der Waals surface area contributed by atoms with Crippen molar-refractivity contribution >= 4 is 18.7 Å². The van der Waals surface area contributed by atoms with Crippen LogP contribution in [0.2, 0.25) is 0 Å².